The van der Waals surface area contributed by atoms with Crippen LogP contribution in [0.25, 0.3) is 11.5 Å². The van der Waals surface area contributed by atoms with Crippen molar-refractivity contribution in [2.75, 3.05) is 20.1 Å². The van der Waals surface area contributed by atoms with Crippen LogP contribution in [-0.2, 0) is 0 Å². The molecule has 1 saturated heterocycles. The molecule has 1 aliphatic heterocycles. The second-order valence-electron chi connectivity index (χ2n) is 5.26. The highest BCUT2D eigenvalue weighted by Crippen LogP contribution is 2.28. The highest BCUT2D eigenvalue weighted by atomic mass is 79.9. The molecule has 0 atom stereocenters. The molecule has 2 aromatic heterocycles. The summed E-state index contributed by atoms with van der Waals surface area (Å²) in [4.78, 5) is 18.6. The van der Waals surface area contributed by atoms with Crippen molar-refractivity contribution in [1.29, 1.82) is 0 Å². The Morgan fingerprint density at radius 3 is 2.76 bits per heavy atom. The lowest BCUT2D eigenvalue weighted by Crippen LogP contribution is -2.35. The molecule has 21 heavy (non-hydrogen) atoms. The van der Waals surface area contributed by atoms with Crippen LogP contribution in [0.5, 0.6) is 5.75 Å². The van der Waals surface area contributed by atoms with Crippen molar-refractivity contribution in [2.24, 2.45) is 0 Å². The minimum Gasteiger partial charge on any atom is -0.505 e. The monoisotopic (exact) mass is 353 g/mol. The zero-order valence-electron chi connectivity index (χ0n) is 11.6. The Kier molecular flexibility index (Phi) is 3.81. The van der Waals surface area contributed by atoms with Crippen LogP contribution in [0.2, 0.25) is 0 Å². The Bertz CT molecular complexity index is 703. The zero-order valence-corrected chi connectivity index (χ0v) is 13.2. The average molecular weight is 354 g/mol. The van der Waals surface area contributed by atoms with E-state index < -0.39 is 0 Å². The Morgan fingerprint density at radius 1 is 1.38 bits per heavy atom. The van der Waals surface area contributed by atoms with E-state index in [2.05, 4.69) is 43.1 Å². The molecular formula is C13H16BrN5O2. The lowest BCUT2D eigenvalue weighted by Gasteiger charge is -2.29. The second-order valence-corrected chi connectivity index (χ2v) is 6.01. The van der Waals surface area contributed by atoms with Crippen molar-refractivity contribution in [3.8, 4) is 17.3 Å². The summed E-state index contributed by atoms with van der Waals surface area (Å²) in [6.45, 7) is 1.91. The Balaban J connectivity index is 2.00. The number of likely N-dealkylation sites (tertiary alicyclic amines) is 1. The predicted octanol–water partition coefficient (Wildman–Crippen LogP) is 1.37. The smallest absolute Gasteiger partial charge is 0.343 e. The van der Waals surface area contributed by atoms with E-state index in [0.717, 1.165) is 25.9 Å². The lowest BCUT2D eigenvalue weighted by molar-refractivity contribution is 0.220. The van der Waals surface area contributed by atoms with E-state index in [1.165, 1.54) is 6.07 Å². The fraction of sp³-hybridized carbons (Fsp3) is 0.462. The van der Waals surface area contributed by atoms with Gasteiger partial charge in [-0.3, -0.25) is 4.57 Å². The van der Waals surface area contributed by atoms with Crippen molar-refractivity contribution >= 4 is 15.9 Å². The molecule has 2 N–H and O–H groups in total. The SMILES string of the molecule is CN1CCC(n2c(-c3ccc(O)c(Br)n3)n[nH]c2=O)CC1. The summed E-state index contributed by atoms with van der Waals surface area (Å²) in [5, 5.41) is 16.1. The summed E-state index contributed by atoms with van der Waals surface area (Å²) in [6.07, 6.45) is 1.81. The number of aromatic amines is 1. The van der Waals surface area contributed by atoms with Gasteiger partial charge in [-0.2, -0.15) is 5.10 Å². The number of H-pyrrole nitrogens is 1. The maximum absolute atomic E-state index is 12.1. The first-order valence-corrected chi connectivity index (χ1v) is 7.57. The van der Waals surface area contributed by atoms with Crippen molar-refractivity contribution in [3.05, 3.63) is 27.2 Å². The number of nitrogens with one attached hydrogen (secondary N) is 1. The van der Waals surface area contributed by atoms with Crippen molar-refractivity contribution in [2.45, 2.75) is 18.9 Å². The Hall–Kier alpha value is -1.67. The molecule has 0 unspecified atom stereocenters. The van der Waals surface area contributed by atoms with Gasteiger partial charge < -0.3 is 10.0 Å². The summed E-state index contributed by atoms with van der Waals surface area (Å²) in [7, 11) is 2.08. The third-order valence-electron chi connectivity index (χ3n) is 3.82. The average Bonchev–Trinajstić information content (AvgIpc) is 2.85. The summed E-state index contributed by atoms with van der Waals surface area (Å²) >= 11 is 3.19. The van der Waals surface area contributed by atoms with E-state index in [9.17, 15) is 9.90 Å². The van der Waals surface area contributed by atoms with Gasteiger partial charge in [0, 0.05) is 6.04 Å². The van der Waals surface area contributed by atoms with Gasteiger partial charge in [0.25, 0.3) is 0 Å². The van der Waals surface area contributed by atoms with Crippen LogP contribution in [0, 0.1) is 0 Å². The van der Waals surface area contributed by atoms with Gasteiger partial charge in [0.2, 0.25) is 0 Å². The van der Waals surface area contributed by atoms with Crippen LogP contribution in [0.4, 0.5) is 0 Å². The van der Waals surface area contributed by atoms with Gasteiger partial charge in [0.1, 0.15) is 16.0 Å². The normalized spacial score (nSPS) is 17.2. The van der Waals surface area contributed by atoms with Crippen LogP contribution in [0.1, 0.15) is 18.9 Å². The number of nitrogens with zero attached hydrogens (tertiary/aromatic N) is 4. The summed E-state index contributed by atoms with van der Waals surface area (Å²) < 4.78 is 2.02. The van der Waals surface area contributed by atoms with E-state index in [1.807, 2.05) is 0 Å². The lowest BCUT2D eigenvalue weighted by atomic mass is 10.1. The molecule has 0 amide bonds. The molecular weight excluding hydrogens is 338 g/mol. The van der Waals surface area contributed by atoms with Crippen molar-refractivity contribution < 1.29 is 5.11 Å². The molecule has 3 rings (SSSR count). The molecule has 0 saturated carbocycles. The summed E-state index contributed by atoms with van der Waals surface area (Å²) in [5.41, 5.74) is 0.336. The maximum atomic E-state index is 12.1. The third kappa shape index (κ3) is 2.73. The minimum atomic E-state index is -0.217. The maximum Gasteiger partial charge on any atom is 0.343 e. The van der Waals surface area contributed by atoms with E-state index >= 15 is 0 Å². The number of aromatic hydroxyl groups is 1. The fourth-order valence-electron chi connectivity index (χ4n) is 2.63. The van der Waals surface area contributed by atoms with Crippen molar-refractivity contribution in [1.82, 2.24) is 24.6 Å². The molecule has 112 valence electrons. The Morgan fingerprint density at radius 2 is 2.10 bits per heavy atom. The molecule has 0 aromatic carbocycles. The quantitative estimate of drug-likeness (QED) is 0.796. The highest BCUT2D eigenvalue weighted by Gasteiger charge is 2.24. The predicted molar refractivity (Wildman–Crippen MR) is 81.2 cm³/mol. The first-order chi connectivity index (χ1) is 10.1. The number of hydrogen-bond donors (Lipinski definition) is 2. The minimum absolute atomic E-state index is 0.0578. The second kappa shape index (κ2) is 5.61. The van der Waals surface area contributed by atoms with Crippen LogP contribution in [-0.4, -0.2) is 49.9 Å². The van der Waals surface area contributed by atoms with Crippen LogP contribution < -0.4 is 5.69 Å². The molecule has 0 radical (unpaired) electrons. The van der Waals surface area contributed by atoms with Crippen LogP contribution in [0.15, 0.2) is 21.5 Å². The molecule has 0 bridgehead atoms. The van der Waals surface area contributed by atoms with Crippen molar-refractivity contribution in [3.63, 3.8) is 0 Å². The number of piperidine rings is 1. The molecule has 0 aliphatic carbocycles. The molecule has 1 fully saturated rings. The number of rotatable bonds is 2. The number of hydrogen-bond acceptors (Lipinski definition) is 5. The van der Waals surface area contributed by atoms with E-state index in [-0.39, 0.29) is 17.5 Å². The molecule has 2 aromatic rings. The van der Waals surface area contributed by atoms with Crippen LogP contribution in [0.3, 0.4) is 0 Å². The molecule has 1 aliphatic rings. The standard InChI is InChI=1S/C13H16BrN5O2/c1-18-6-4-8(5-7-18)19-12(16-17-13(19)21)9-2-3-10(20)11(14)15-9/h2-3,8,20H,4-7H2,1H3,(H,17,21). The fourth-order valence-corrected chi connectivity index (χ4v) is 2.95. The van der Waals surface area contributed by atoms with Gasteiger partial charge in [-0.05, 0) is 61.0 Å². The third-order valence-corrected chi connectivity index (χ3v) is 4.40. The van der Waals surface area contributed by atoms with Gasteiger partial charge in [-0.1, -0.05) is 0 Å². The number of halogens is 1. The van der Waals surface area contributed by atoms with E-state index in [1.54, 1.807) is 10.6 Å². The Labute approximate surface area is 129 Å². The molecule has 8 heteroatoms. The van der Waals surface area contributed by atoms with Crippen LogP contribution >= 0.6 is 15.9 Å². The zero-order chi connectivity index (χ0) is 15.0. The van der Waals surface area contributed by atoms with Gasteiger partial charge in [0.05, 0.1) is 0 Å². The highest BCUT2D eigenvalue weighted by molar-refractivity contribution is 9.10. The molecule has 3 heterocycles. The number of pyridine rings is 1. The van der Waals surface area contributed by atoms with E-state index in [0.29, 0.717) is 16.1 Å². The van der Waals surface area contributed by atoms with E-state index in [4.69, 9.17) is 0 Å². The first-order valence-electron chi connectivity index (χ1n) is 6.77. The summed E-state index contributed by atoms with van der Waals surface area (Å²) in [6, 6.07) is 3.31. The largest absolute Gasteiger partial charge is 0.505 e. The first kappa shape index (κ1) is 14.3. The van der Waals surface area contributed by atoms with Gasteiger partial charge >= 0.3 is 5.69 Å². The molecule has 0 spiro atoms. The number of aromatic nitrogens is 4. The summed E-state index contributed by atoms with van der Waals surface area (Å²) in [5.74, 6) is 0.567. The van der Waals surface area contributed by atoms with Gasteiger partial charge in [-0.15, -0.1) is 0 Å². The molecule has 7 nitrogen and oxygen atoms in total. The topological polar surface area (TPSA) is 87.0 Å². The van der Waals surface area contributed by atoms with Gasteiger partial charge in [-0.25, -0.2) is 14.9 Å². The van der Waals surface area contributed by atoms with Gasteiger partial charge in [0.15, 0.2) is 5.82 Å².